The van der Waals surface area contributed by atoms with Crippen LogP contribution in [0.3, 0.4) is 0 Å². The second-order valence-corrected chi connectivity index (χ2v) is 12.7. The molecule has 0 heterocycles. The van der Waals surface area contributed by atoms with Crippen molar-refractivity contribution in [2.75, 3.05) is 0 Å². The molecular formula is C20H44GeN3Zr. The second kappa shape index (κ2) is 32.5. The summed E-state index contributed by atoms with van der Waals surface area (Å²) >= 11 is -0.333. The number of allylic oxidation sites excluding steroid dienone is 4. The van der Waals surface area contributed by atoms with E-state index in [-0.39, 0.29) is 58.7 Å². The minimum absolute atomic E-state index is 0. The normalized spacial score (nSPS) is 14.0. The molecule has 0 bridgehead atoms. The van der Waals surface area contributed by atoms with Crippen LogP contribution in [0.4, 0.5) is 0 Å². The molecule has 1 aliphatic carbocycles. The average Bonchev–Trinajstić information content (AvgIpc) is 3.07. The molecule has 0 aromatic heterocycles. The Balaban J connectivity index is -0.0000000662. The summed E-state index contributed by atoms with van der Waals surface area (Å²) in [5, 5.41) is 0. The van der Waals surface area contributed by atoms with Gasteiger partial charge in [0, 0.05) is 0 Å². The van der Waals surface area contributed by atoms with Gasteiger partial charge in [0.15, 0.2) is 0 Å². The van der Waals surface area contributed by atoms with Crippen molar-refractivity contribution in [3.8, 4) is 0 Å². The van der Waals surface area contributed by atoms with Crippen molar-refractivity contribution in [1.82, 2.24) is 0 Å². The fourth-order valence-electron chi connectivity index (χ4n) is 0.340. The zero-order chi connectivity index (χ0) is 20.0. The first-order chi connectivity index (χ1) is 11.0. The van der Waals surface area contributed by atoms with Crippen LogP contribution in [0.5, 0.6) is 0 Å². The minimum Gasteiger partial charge on any atom is 4.00 e. The van der Waals surface area contributed by atoms with Gasteiger partial charge in [-0.1, -0.05) is 60.8 Å². The molecule has 147 valence electrons. The summed E-state index contributed by atoms with van der Waals surface area (Å²) in [6.45, 7) is 11.7. The maximum absolute atomic E-state index is 6.83. The zero-order valence-electron chi connectivity index (χ0n) is 18.3. The standard InChI is InChI=1S/C5H5.3C4H10N.C3H9Ge.Zr/c1-2-4-5-3-1;3*1-3-4(2)5;1-4(2)3;/h1-3H,4H2;3*4-5H,3H2,1-2H3;1-3H3;/q4*-1;;+4. The van der Waals surface area contributed by atoms with Crippen molar-refractivity contribution in [3.05, 3.63) is 41.5 Å². The van der Waals surface area contributed by atoms with Crippen LogP contribution >= 0.6 is 0 Å². The Morgan fingerprint density at radius 2 is 1.08 bits per heavy atom. The van der Waals surface area contributed by atoms with Gasteiger partial charge in [0.1, 0.15) is 0 Å². The molecule has 0 spiro atoms. The number of hydrogen-bond donors (Lipinski definition) is 0. The smallest absolute Gasteiger partial charge is 4.00 e. The van der Waals surface area contributed by atoms with E-state index < -0.39 is 0 Å². The summed E-state index contributed by atoms with van der Waals surface area (Å²) in [5.41, 5.74) is 20.5. The number of nitrogens with one attached hydrogen (secondary N) is 3. The Morgan fingerprint density at radius 1 is 0.840 bits per heavy atom. The molecule has 1 radical (unpaired) electrons. The van der Waals surface area contributed by atoms with E-state index in [4.69, 9.17) is 17.2 Å². The van der Waals surface area contributed by atoms with Crippen molar-refractivity contribution in [2.45, 2.75) is 103 Å². The molecule has 3 N–H and O–H groups in total. The molecule has 0 saturated carbocycles. The van der Waals surface area contributed by atoms with Crippen molar-refractivity contribution in [3.63, 3.8) is 0 Å². The summed E-state index contributed by atoms with van der Waals surface area (Å²) < 4.78 is 0. The Labute approximate surface area is 183 Å². The molecule has 1 aliphatic rings. The van der Waals surface area contributed by atoms with E-state index in [0.29, 0.717) is 0 Å². The van der Waals surface area contributed by atoms with E-state index in [1.165, 1.54) is 0 Å². The van der Waals surface area contributed by atoms with Crippen LogP contribution in [0.15, 0.2) is 18.2 Å². The predicted octanol–water partition coefficient (Wildman–Crippen LogP) is 8.19. The van der Waals surface area contributed by atoms with Gasteiger partial charge in [0.05, 0.1) is 0 Å². The fourth-order valence-corrected chi connectivity index (χ4v) is 0.340. The second-order valence-electron chi connectivity index (χ2n) is 6.43. The molecule has 0 aliphatic heterocycles. The molecule has 3 nitrogen and oxygen atoms in total. The third-order valence-corrected chi connectivity index (χ3v) is 2.42. The van der Waals surface area contributed by atoms with Gasteiger partial charge in [-0.2, -0.15) is 6.08 Å². The van der Waals surface area contributed by atoms with Gasteiger partial charge >= 0.3 is 57.8 Å². The first-order valence-electron chi connectivity index (χ1n) is 9.16. The maximum Gasteiger partial charge on any atom is 4.00 e. The number of rotatable bonds is 3. The van der Waals surface area contributed by atoms with E-state index in [1.807, 2.05) is 53.7 Å². The molecule has 0 fully saturated rings. The summed E-state index contributed by atoms with van der Waals surface area (Å²) in [6.07, 6.45) is 12.9. The molecule has 25 heavy (non-hydrogen) atoms. The SMILES string of the molecule is CCC(C)[NH-].CCC(C)[NH-].CCC(C)[NH-].[C-]1=CC=CC1.[CH3][Ge]([CH3])[CH3].[Zr+4]. The molecule has 0 aromatic rings. The van der Waals surface area contributed by atoms with Crippen LogP contribution in [0.25, 0.3) is 17.2 Å². The van der Waals surface area contributed by atoms with E-state index in [0.717, 1.165) is 25.7 Å². The van der Waals surface area contributed by atoms with Crippen molar-refractivity contribution >= 4 is 14.3 Å². The maximum atomic E-state index is 6.83. The van der Waals surface area contributed by atoms with Gasteiger partial charge in [0.2, 0.25) is 0 Å². The Kier molecular flexibility index (Phi) is 47.6. The summed E-state index contributed by atoms with van der Waals surface area (Å²) in [4.78, 5) is 0. The van der Waals surface area contributed by atoms with Crippen molar-refractivity contribution in [1.29, 1.82) is 0 Å². The monoisotopic (exact) mass is 490 g/mol. The summed E-state index contributed by atoms with van der Waals surface area (Å²) in [5.74, 6) is 7.00. The molecule has 1 rings (SSSR count). The van der Waals surface area contributed by atoms with Crippen LogP contribution in [0.2, 0.25) is 17.3 Å². The Morgan fingerprint density at radius 3 is 1.12 bits per heavy atom. The molecule has 3 unspecified atom stereocenters. The molecule has 0 aromatic carbocycles. The topological polar surface area (TPSA) is 71.4 Å². The number of hydrogen-bond acceptors (Lipinski definition) is 0. The van der Waals surface area contributed by atoms with Gasteiger partial charge in [-0.25, -0.2) is 12.2 Å². The van der Waals surface area contributed by atoms with E-state index in [2.05, 4.69) is 29.4 Å². The van der Waals surface area contributed by atoms with Crippen LogP contribution in [-0.4, -0.2) is 32.5 Å². The van der Waals surface area contributed by atoms with Gasteiger partial charge in [0.25, 0.3) is 0 Å². The van der Waals surface area contributed by atoms with Crippen LogP contribution in [-0.2, 0) is 26.2 Å². The minimum atomic E-state index is -0.333. The Bertz CT molecular complexity index is 222. The van der Waals surface area contributed by atoms with Gasteiger partial charge in [-0.05, 0) is 0 Å². The first-order valence-corrected chi connectivity index (χ1v) is 15.5. The van der Waals surface area contributed by atoms with Crippen molar-refractivity contribution < 1.29 is 26.2 Å². The molecule has 5 heteroatoms. The molecular weight excluding hydrogens is 446 g/mol. The quantitative estimate of drug-likeness (QED) is 0.283. The largest absolute Gasteiger partial charge is 4.00 e. The molecule has 0 amide bonds. The Hall–Kier alpha value is 0.786. The summed E-state index contributed by atoms with van der Waals surface area (Å²) in [6, 6.07) is 0.403. The van der Waals surface area contributed by atoms with Gasteiger partial charge < -0.3 is 17.2 Å². The van der Waals surface area contributed by atoms with Gasteiger partial charge in [-0.3, -0.25) is 6.08 Å². The third-order valence-electron chi connectivity index (χ3n) is 2.42. The fraction of sp³-hybridized carbons (Fsp3) is 0.800. The van der Waals surface area contributed by atoms with Gasteiger partial charge in [-0.15, -0.1) is 24.5 Å². The van der Waals surface area contributed by atoms with E-state index >= 15 is 0 Å². The van der Waals surface area contributed by atoms with Crippen LogP contribution in [0, 0.1) is 6.08 Å². The zero-order valence-corrected chi connectivity index (χ0v) is 22.8. The van der Waals surface area contributed by atoms with E-state index in [9.17, 15) is 0 Å². The summed E-state index contributed by atoms with van der Waals surface area (Å²) in [7, 11) is 0. The van der Waals surface area contributed by atoms with Crippen LogP contribution < -0.4 is 0 Å². The van der Waals surface area contributed by atoms with Crippen LogP contribution in [0.1, 0.15) is 67.2 Å². The molecule has 3 atom stereocenters. The average molecular weight is 490 g/mol. The molecule has 0 saturated heterocycles. The van der Waals surface area contributed by atoms with Crippen molar-refractivity contribution in [2.24, 2.45) is 0 Å². The predicted molar refractivity (Wildman–Crippen MR) is 117 cm³/mol. The third kappa shape index (κ3) is 92.6. The first kappa shape index (κ1) is 36.7. The van der Waals surface area contributed by atoms with E-state index in [1.54, 1.807) is 0 Å².